The zero-order valence-electron chi connectivity index (χ0n) is 11.7. The Morgan fingerprint density at radius 3 is 2.00 bits per heavy atom. The SMILES string of the molecule is COC(=O)/C=C(/ON1C(=O)c2ccccc2C1=O)C(=O)OC. The lowest BCUT2D eigenvalue weighted by atomic mass is 10.1. The van der Waals surface area contributed by atoms with Gasteiger partial charge in [-0.3, -0.25) is 9.59 Å². The number of nitrogens with zero attached hydrogens (tertiary/aromatic N) is 1. The maximum atomic E-state index is 12.1. The maximum Gasteiger partial charge on any atom is 0.377 e. The van der Waals surface area contributed by atoms with Crippen LogP contribution in [0.4, 0.5) is 0 Å². The summed E-state index contributed by atoms with van der Waals surface area (Å²) < 4.78 is 8.79. The molecular formula is C14H11NO7. The van der Waals surface area contributed by atoms with Crippen LogP contribution in [-0.2, 0) is 23.9 Å². The van der Waals surface area contributed by atoms with Crippen LogP contribution in [0.2, 0.25) is 0 Å². The number of benzene rings is 1. The number of methoxy groups -OCH3 is 2. The van der Waals surface area contributed by atoms with Crippen LogP contribution in [0.5, 0.6) is 0 Å². The van der Waals surface area contributed by atoms with Crippen molar-refractivity contribution in [2.24, 2.45) is 0 Å². The molecular weight excluding hydrogens is 294 g/mol. The summed E-state index contributed by atoms with van der Waals surface area (Å²) >= 11 is 0. The Morgan fingerprint density at radius 1 is 1.00 bits per heavy atom. The third kappa shape index (κ3) is 2.66. The number of rotatable bonds is 4. The molecule has 0 spiro atoms. The van der Waals surface area contributed by atoms with Gasteiger partial charge in [-0.15, -0.1) is 0 Å². The molecule has 2 amide bonds. The van der Waals surface area contributed by atoms with Crippen molar-refractivity contribution in [3.8, 4) is 0 Å². The van der Waals surface area contributed by atoms with Gasteiger partial charge in [-0.05, 0) is 12.1 Å². The summed E-state index contributed by atoms with van der Waals surface area (Å²) in [4.78, 5) is 51.9. The molecule has 1 aliphatic heterocycles. The second-order valence-electron chi connectivity index (χ2n) is 4.06. The summed E-state index contributed by atoms with van der Waals surface area (Å²) in [5, 5.41) is 0.385. The van der Waals surface area contributed by atoms with Crippen molar-refractivity contribution < 1.29 is 33.5 Å². The van der Waals surface area contributed by atoms with E-state index in [-0.39, 0.29) is 11.1 Å². The summed E-state index contributed by atoms with van der Waals surface area (Å²) in [6, 6.07) is 6.06. The number of hydroxylamine groups is 2. The number of carbonyl (C=O) groups excluding carboxylic acids is 4. The van der Waals surface area contributed by atoms with Crippen molar-refractivity contribution in [1.29, 1.82) is 0 Å². The molecule has 1 aromatic rings. The average molecular weight is 305 g/mol. The smallest absolute Gasteiger partial charge is 0.377 e. The highest BCUT2D eigenvalue weighted by Crippen LogP contribution is 2.24. The highest BCUT2D eigenvalue weighted by atomic mass is 16.7. The molecule has 0 N–H and O–H groups in total. The van der Waals surface area contributed by atoms with Crippen molar-refractivity contribution >= 4 is 23.8 Å². The Hall–Kier alpha value is -3.16. The fourth-order valence-electron chi connectivity index (χ4n) is 1.74. The molecule has 0 fully saturated rings. The van der Waals surface area contributed by atoms with E-state index >= 15 is 0 Å². The number of esters is 2. The Balaban J connectivity index is 2.31. The molecule has 0 radical (unpaired) electrons. The van der Waals surface area contributed by atoms with Crippen molar-refractivity contribution in [1.82, 2.24) is 5.06 Å². The molecule has 8 heteroatoms. The van der Waals surface area contributed by atoms with Crippen LogP contribution in [-0.4, -0.2) is 43.0 Å². The first-order chi connectivity index (χ1) is 10.5. The highest BCUT2D eigenvalue weighted by molar-refractivity contribution is 6.20. The summed E-state index contributed by atoms with van der Waals surface area (Å²) in [7, 11) is 2.15. The van der Waals surface area contributed by atoms with Gasteiger partial charge in [0.05, 0.1) is 31.4 Å². The Labute approximate surface area is 124 Å². The molecule has 8 nitrogen and oxygen atoms in total. The lowest BCUT2D eigenvalue weighted by molar-refractivity contribution is -0.148. The number of carbonyl (C=O) groups is 4. The lowest BCUT2D eigenvalue weighted by Crippen LogP contribution is -2.31. The fourth-order valence-corrected chi connectivity index (χ4v) is 1.74. The predicted molar refractivity (Wildman–Crippen MR) is 70.1 cm³/mol. The van der Waals surface area contributed by atoms with E-state index in [0.29, 0.717) is 11.1 Å². The lowest BCUT2D eigenvalue weighted by Gasteiger charge is -2.15. The molecule has 0 atom stereocenters. The molecule has 1 heterocycles. The van der Waals surface area contributed by atoms with Gasteiger partial charge in [0.1, 0.15) is 0 Å². The Morgan fingerprint density at radius 2 is 1.55 bits per heavy atom. The first-order valence-corrected chi connectivity index (χ1v) is 6.03. The van der Waals surface area contributed by atoms with Crippen molar-refractivity contribution in [2.75, 3.05) is 14.2 Å². The Bertz CT molecular complexity index is 657. The van der Waals surface area contributed by atoms with Gasteiger partial charge >= 0.3 is 11.9 Å². The van der Waals surface area contributed by atoms with Crippen LogP contribution in [0, 0.1) is 0 Å². The van der Waals surface area contributed by atoms with Gasteiger partial charge < -0.3 is 14.3 Å². The highest BCUT2D eigenvalue weighted by Gasteiger charge is 2.39. The van der Waals surface area contributed by atoms with Gasteiger partial charge in [-0.2, -0.15) is 0 Å². The van der Waals surface area contributed by atoms with E-state index in [1.165, 1.54) is 12.1 Å². The minimum absolute atomic E-state index is 0.134. The van der Waals surface area contributed by atoms with Gasteiger partial charge in [0.15, 0.2) is 0 Å². The van der Waals surface area contributed by atoms with Crippen LogP contribution in [0.1, 0.15) is 20.7 Å². The second kappa shape index (κ2) is 6.08. The third-order valence-corrected chi connectivity index (χ3v) is 2.78. The first-order valence-electron chi connectivity index (χ1n) is 6.03. The summed E-state index contributed by atoms with van der Waals surface area (Å²) in [6.07, 6.45) is 0.676. The number of hydrogen-bond acceptors (Lipinski definition) is 7. The number of imide groups is 1. The zero-order valence-corrected chi connectivity index (χ0v) is 11.7. The minimum atomic E-state index is -1.04. The third-order valence-electron chi connectivity index (χ3n) is 2.78. The molecule has 1 aliphatic rings. The van der Waals surface area contributed by atoms with Gasteiger partial charge in [0, 0.05) is 0 Å². The molecule has 0 unspecified atom stereocenters. The van der Waals surface area contributed by atoms with Gasteiger partial charge in [0.2, 0.25) is 5.76 Å². The van der Waals surface area contributed by atoms with E-state index in [2.05, 4.69) is 9.47 Å². The molecule has 0 aliphatic carbocycles. The van der Waals surface area contributed by atoms with Crippen LogP contribution in [0.25, 0.3) is 0 Å². The summed E-state index contributed by atoms with van der Waals surface area (Å²) in [5.74, 6) is -4.09. The topological polar surface area (TPSA) is 99.2 Å². The normalized spacial score (nSPS) is 13.7. The predicted octanol–water partition coefficient (Wildman–Crippen LogP) is 0.444. The molecule has 0 bridgehead atoms. The van der Waals surface area contributed by atoms with Crippen molar-refractivity contribution in [3.05, 3.63) is 47.2 Å². The largest absolute Gasteiger partial charge is 0.466 e. The number of amides is 2. The minimum Gasteiger partial charge on any atom is -0.466 e. The Kier molecular flexibility index (Phi) is 4.21. The summed E-state index contributed by atoms with van der Waals surface area (Å²) in [6.45, 7) is 0. The average Bonchev–Trinajstić information content (AvgIpc) is 2.78. The number of ether oxygens (including phenoxy) is 2. The number of fused-ring (bicyclic) bond motifs is 1. The van der Waals surface area contributed by atoms with Crippen LogP contribution < -0.4 is 0 Å². The van der Waals surface area contributed by atoms with Gasteiger partial charge in [0.25, 0.3) is 11.8 Å². The van der Waals surface area contributed by atoms with Crippen LogP contribution in [0.3, 0.4) is 0 Å². The maximum absolute atomic E-state index is 12.1. The van der Waals surface area contributed by atoms with E-state index in [1.54, 1.807) is 12.1 Å². The molecule has 1 aromatic carbocycles. The monoisotopic (exact) mass is 305 g/mol. The zero-order chi connectivity index (χ0) is 16.3. The first kappa shape index (κ1) is 15.2. The molecule has 2 rings (SSSR count). The van der Waals surface area contributed by atoms with Crippen molar-refractivity contribution in [2.45, 2.75) is 0 Å². The standard InChI is InChI=1S/C14H11NO7/c1-20-11(16)7-10(14(19)21-2)22-15-12(17)8-5-3-4-6-9(8)13(15)18/h3-7H,1-2H3/b10-7+. The van der Waals surface area contributed by atoms with E-state index in [9.17, 15) is 19.2 Å². The van der Waals surface area contributed by atoms with Crippen LogP contribution >= 0.6 is 0 Å². The van der Waals surface area contributed by atoms with Gasteiger partial charge in [-0.25, -0.2) is 9.59 Å². The van der Waals surface area contributed by atoms with Gasteiger partial charge in [-0.1, -0.05) is 17.2 Å². The molecule has 0 saturated heterocycles. The fraction of sp³-hybridized carbons (Fsp3) is 0.143. The van der Waals surface area contributed by atoms with E-state index < -0.39 is 29.5 Å². The second-order valence-corrected chi connectivity index (χ2v) is 4.06. The number of hydrogen-bond donors (Lipinski definition) is 0. The van der Waals surface area contributed by atoms with E-state index in [1.807, 2.05) is 0 Å². The molecule has 0 saturated carbocycles. The van der Waals surface area contributed by atoms with Crippen LogP contribution in [0.15, 0.2) is 36.1 Å². The van der Waals surface area contributed by atoms with E-state index in [0.717, 1.165) is 14.2 Å². The summed E-state index contributed by atoms with van der Waals surface area (Å²) in [5.41, 5.74) is 0.268. The molecule has 0 aromatic heterocycles. The quantitative estimate of drug-likeness (QED) is 0.344. The van der Waals surface area contributed by atoms with E-state index in [4.69, 9.17) is 4.84 Å². The van der Waals surface area contributed by atoms with Crippen molar-refractivity contribution in [3.63, 3.8) is 0 Å². The molecule has 114 valence electrons. The molecule has 22 heavy (non-hydrogen) atoms.